The number of hydrogen-bond acceptors (Lipinski definition) is 15. The standard InChI is InChI=1S/C48H68N10O17/c1-23(2)39(47(73)54-31(15-18-36(51)62)43(69)56-34(22-26-7-11-28(60)12-8-26)46(72)58-40(24(3)4)48(74)75)57-45(71)33(21-25-5-9-27(59)10-6-25)55-44(70)32(16-20-38(65)66)53-42(68)30(14-17-35(50)61)52-41(67)29(49)13-19-37(63)64/h5-12,23-24,29-34,39-40,59-60H,13-22,49H2,1-4H3,(H2,50,61)(H2,51,62)(H,52,67)(H,53,68)(H,54,73)(H,55,70)(H,56,69)(H,57,71)(H,58,72)(H,63,64)(H,65,66)(H,74,75)/t29-,30-,31-,32-,33-,34-,39-,40-/m0/s1. The van der Waals surface area contributed by atoms with Crippen LogP contribution in [0.1, 0.15) is 90.2 Å². The Kier molecular flexibility index (Phi) is 25.6. The van der Waals surface area contributed by atoms with E-state index in [-0.39, 0.29) is 30.8 Å². The maximum Gasteiger partial charge on any atom is 0.326 e. The summed E-state index contributed by atoms with van der Waals surface area (Å²) >= 11 is 0. The molecule has 0 radical (unpaired) electrons. The Bertz CT molecular complexity index is 2360. The number of nitrogens with two attached hydrogens (primary N) is 3. The fourth-order valence-corrected chi connectivity index (χ4v) is 7.12. The smallest absolute Gasteiger partial charge is 0.326 e. The van der Waals surface area contributed by atoms with Gasteiger partial charge in [-0.2, -0.15) is 0 Å². The number of carboxylic acids is 3. The third-order valence-electron chi connectivity index (χ3n) is 11.4. The monoisotopic (exact) mass is 1060 g/mol. The highest BCUT2D eigenvalue weighted by Crippen LogP contribution is 2.16. The molecule has 2 aromatic rings. The lowest BCUT2D eigenvalue weighted by Gasteiger charge is -2.29. The molecule has 0 bridgehead atoms. The van der Waals surface area contributed by atoms with Gasteiger partial charge >= 0.3 is 17.9 Å². The third-order valence-corrected chi connectivity index (χ3v) is 11.4. The first-order valence-electron chi connectivity index (χ1n) is 23.7. The van der Waals surface area contributed by atoms with Crippen molar-refractivity contribution in [3.8, 4) is 11.5 Å². The van der Waals surface area contributed by atoms with E-state index in [9.17, 15) is 78.0 Å². The minimum atomic E-state index is -1.76. The van der Waals surface area contributed by atoms with E-state index in [1.54, 1.807) is 13.8 Å². The van der Waals surface area contributed by atoms with E-state index in [0.29, 0.717) is 11.1 Å². The van der Waals surface area contributed by atoms with Crippen LogP contribution in [0.25, 0.3) is 0 Å². The zero-order valence-corrected chi connectivity index (χ0v) is 41.8. The van der Waals surface area contributed by atoms with Crippen LogP contribution in [-0.2, 0) is 70.4 Å². The van der Waals surface area contributed by atoms with Crippen molar-refractivity contribution in [1.82, 2.24) is 37.2 Å². The highest BCUT2D eigenvalue weighted by molar-refractivity contribution is 5.98. The highest BCUT2D eigenvalue weighted by Gasteiger charge is 2.36. The number of phenolic OH excluding ortho intramolecular Hbond substituents is 2. The molecule has 0 saturated heterocycles. The molecule has 2 rings (SSSR count). The number of aliphatic carboxylic acids is 3. The first-order chi connectivity index (χ1) is 35.1. The molecule has 0 heterocycles. The maximum absolute atomic E-state index is 14.3. The number of rotatable bonds is 33. The molecular formula is C48H68N10O17. The van der Waals surface area contributed by atoms with Crippen LogP contribution in [0.4, 0.5) is 0 Å². The number of phenols is 2. The minimum Gasteiger partial charge on any atom is -0.508 e. The van der Waals surface area contributed by atoms with Gasteiger partial charge in [-0.25, -0.2) is 4.79 Å². The Morgan fingerprint density at radius 1 is 0.413 bits per heavy atom. The molecule has 2 aromatic carbocycles. The van der Waals surface area contributed by atoms with Gasteiger partial charge in [-0.15, -0.1) is 0 Å². The summed E-state index contributed by atoms with van der Waals surface area (Å²) in [6.07, 6.45) is -4.60. The normalized spacial score (nSPS) is 14.2. The van der Waals surface area contributed by atoms with Crippen LogP contribution in [-0.4, -0.2) is 145 Å². The van der Waals surface area contributed by atoms with Gasteiger partial charge in [0.15, 0.2) is 0 Å². The van der Waals surface area contributed by atoms with Crippen LogP contribution in [0.15, 0.2) is 48.5 Å². The zero-order valence-electron chi connectivity index (χ0n) is 41.8. The van der Waals surface area contributed by atoms with Gasteiger partial charge in [-0.05, 0) is 72.9 Å². The Labute approximate surface area is 430 Å². The van der Waals surface area contributed by atoms with Crippen LogP contribution < -0.4 is 54.4 Å². The van der Waals surface area contributed by atoms with Crippen LogP contribution in [0.5, 0.6) is 11.5 Å². The van der Waals surface area contributed by atoms with E-state index >= 15 is 0 Å². The summed E-state index contributed by atoms with van der Waals surface area (Å²) in [4.78, 5) is 155. The van der Waals surface area contributed by atoms with Gasteiger partial charge in [0.2, 0.25) is 53.2 Å². The largest absolute Gasteiger partial charge is 0.508 e. The second-order valence-corrected chi connectivity index (χ2v) is 18.3. The van der Waals surface area contributed by atoms with Crippen molar-refractivity contribution in [3.05, 3.63) is 59.7 Å². The van der Waals surface area contributed by atoms with E-state index in [1.807, 2.05) is 0 Å². The van der Waals surface area contributed by atoms with Gasteiger partial charge in [-0.3, -0.25) is 52.7 Å². The Morgan fingerprint density at radius 3 is 1.07 bits per heavy atom. The summed E-state index contributed by atoms with van der Waals surface area (Å²) in [5.74, 6) is -14.8. The predicted molar refractivity (Wildman–Crippen MR) is 263 cm³/mol. The summed E-state index contributed by atoms with van der Waals surface area (Å²) in [7, 11) is 0. The van der Waals surface area contributed by atoms with Gasteiger partial charge in [0.25, 0.3) is 0 Å². The third kappa shape index (κ3) is 22.9. The fourth-order valence-electron chi connectivity index (χ4n) is 7.12. The van der Waals surface area contributed by atoms with E-state index in [4.69, 9.17) is 22.3 Å². The van der Waals surface area contributed by atoms with Crippen LogP contribution in [0.3, 0.4) is 0 Å². The lowest BCUT2D eigenvalue weighted by Crippen LogP contribution is -2.61. The molecule has 0 spiro atoms. The molecule has 0 fully saturated rings. The van der Waals surface area contributed by atoms with Crippen molar-refractivity contribution < 1.29 is 83.1 Å². The van der Waals surface area contributed by atoms with Crippen molar-refractivity contribution in [2.24, 2.45) is 29.0 Å². The topological polar surface area (TPSA) is 468 Å². The molecule has 27 heteroatoms. The number of primary amides is 2. The molecule has 75 heavy (non-hydrogen) atoms. The number of nitrogens with one attached hydrogen (secondary N) is 7. The average Bonchev–Trinajstić information content (AvgIpc) is 3.32. The van der Waals surface area contributed by atoms with Crippen LogP contribution in [0.2, 0.25) is 0 Å². The number of carbonyl (C=O) groups is 12. The molecule has 18 N–H and O–H groups in total. The van der Waals surface area contributed by atoms with Gasteiger partial charge in [0.05, 0.1) is 6.04 Å². The van der Waals surface area contributed by atoms with Crippen LogP contribution >= 0.6 is 0 Å². The molecule has 0 unspecified atom stereocenters. The molecular weight excluding hydrogens is 989 g/mol. The van der Waals surface area contributed by atoms with Crippen molar-refractivity contribution in [1.29, 1.82) is 0 Å². The van der Waals surface area contributed by atoms with E-state index < -0.39 is 176 Å². The van der Waals surface area contributed by atoms with E-state index in [2.05, 4.69) is 37.2 Å². The van der Waals surface area contributed by atoms with Gasteiger partial charge in [0, 0.05) is 38.5 Å². The molecule has 27 nitrogen and oxygen atoms in total. The van der Waals surface area contributed by atoms with E-state index in [0.717, 1.165) is 0 Å². The SMILES string of the molecule is CC(C)[C@H](NC(=O)[C@H](Cc1ccc(O)cc1)NC(=O)[C@H](CCC(N)=O)NC(=O)[C@@H](NC(=O)[C@H](Cc1ccc(O)cc1)NC(=O)[C@H](CCC(=O)O)NC(=O)[C@H](CCC(N)=O)NC(=O)[C@@H](N)CCC(=O)O)C(C)C)C(=O)O. The first kappa shape index (κ1) is 62.8. The number of carbonyl (C=O) groups excluding carboxylic acids is 9. The Hall–Kier alpha value is -8.36. The Morgan fingerprint density at radius 2 is 0.720 bits per heavy atom. The average molecular weight is 1060 g/mol. The second-order valence-electron chi connectivity index (χ2n) is 18.3. The van der Waals surface area contributed by atoms with Crippen LogP contribution in [0, 0.1) is 11.8 Å². The highest BCUT2D eigenvalue weighted by atomic mass is 16.4. The molecule has 412 valence electrons. The van der Waals surface area contributed by atoms with Crippen molar-refractivity contribution in [3.63, 3.8) is 0 Å². The Balaban J connectivity index is 2.53. The quantitative estimate of drug-likeness (QED) is 0.0345. The summed E-state index contributed by atoms with van der Waals surface area (Å²) in [6.45, 7) is 6.10. The zero-order chi connectivity index (χ0) is 56.7. The molecule has 0 aromatic heterocycles. The summed E-state index contributed by atoms with van der Waals surface area (Å²) in [6, 6.07) is -1.62. The van der Waals surface area contributed by atoms with Gasteiger partial charge < -0.3 is 80.0 Å². The molecule has 8 atom stereocenters. The molecule has 0 aliphatic rings. The molecule has 0 saturated carbocycles. The fraction of sp³-hybridized carbons (Fsp3) is 0.500. The number of hydrogen-bond donors (Lipinski definition) is 15. The minimum absolute atomic E-state index is 0.111. The second kappa shape index (κ2) is 30.6. The number of benzene rings is 2. The number of amides is 9. The van der Waals surface area contributed by atoms with Gasteiger partial charge in [-0.1, -0.05) is 52.0 Å². The summed E-state index contributed by atoms with van der Waals surface area (Å²) in [5.41, 5.74) is 17.2. The van der Waals surface area contributed by atoms with Gasteiger partial charge in [0.1, 0.15) is 53.8 Å². The van der Waals surface area contributed by atoms with E-state index in [1.165, 1.54) is 62.4 Å². The number of carboxylic acid groups (broad SMARTS) is 3. The molecule has 0 aliphatic carbocycles. The lowest BCUT2D eigenvalue weighted by atomic mass is 9.99. The first-order valence-corrected chi connectivity index (χ1v) is 23.7. The van der Waals surface area contributed by atoms with Crippen molar-refractivity contribution in [2.75, 3.05) is 0 Å². The molecule has 0 aliphatic heterocycles. The van der Waals surface area contributed by atoms with Crippen molar-refractivity contribution in [2.45, 2.75) is 140 Å². The molecule has 9 amide bonds. The number of aromatic hydroxyl groups is 2. The predicted octanol–water partition coefficient (Wildman–Crippen LogP) is -2.74. The summed E-state index contributed by atoms with van der Waals surface area (Å²) < 4.78 is 0. The lowest BCUT2D eigenvalue weighted by molar-refractivity contribution is -0.143. The van der Waals surface area contributed by atoms with Crippen molar-refractivity contribution >= 4 is 71.1 Å². The maximum atomic E-state index is 14.3. The summed E-state index contributed by atoms with van der Waals surface area (Å²) in [5, 5.41) is 64.9.